The number of carbonyl (C=O) groups is 1. The molecule has 0 radical (unpaired) electrons. The normalized spacial score (nSPS) is 15.8. The second-order valence-electron chi connectivity index (χ2n) is 5.13. The summed E-state index contributed by atoms with van der Waals surface area (Å²) in [4.78, 5) is 12.3. The number of aryl methyl sites for hydroxylation is 1. The van der Waals surface area contributed by atoms with Crippen LogP contribution in [0.15, 0.2) is 24.3 Å². The van der Waals surface area contributed by atoms with Crippen LogP contribution in [0.4, 0.5) is 5.69 Å². The molecule has 4 heteroatoms. The van der Waals surface area contributed by atoms with Gasteiger partial charge in [0.05, 0.1) is 0 Å². The Balaban J connectivity index is 1.86. The molecule has 102 valence electrons. The van der Waals surface area contributed by atoms with Gasteiger partial charge in [-0.15, -0.1) is 0 Å². The molecule has 2 N–H and O–H groups in total. The molecule has 1 aromatic carbocycles. The molecule has 0 saturated heterocycles. The van der Waals surface area contributed by atoms with Gasteiger partial charge in [0.15, 0.2) is 4.99 Å². The quantitative estimate of drug-likeness (QED) is 0.815. The summed E-state index contributed by atoms with van der Waals surface area (Å²) in [5.74, 6) is -0.217. The van der Waals surface area contributed by atoms with Gasteiger partial charge < -0.3 is 10.6 Å². The highest BCUT2D eigenvalue weighted by atomic mass is 32.1. The second-order valence-corrected chi connectivity index (χ2v) is 5.54. The van der Waals surface area contributed by atoms with Gasteiger partial charge in [-0.1, -0.05) is 43.6 Å². The lowest BCUT2D eigenvalue weighted by molar-refractivity contribution is -0.110. The molecule has 1 aliphatic rings. The van der Waals surface area contributed by atoms with E-state index in [4.69, 9.17) is 12.2 Å². The lowest BCUT2D eigenvalue weighted by Gasteiger charge is -2.23. The van der Waals surface area contributed by atoms with Gasteiger partial charge >= 0.3 is 0 Å². The fraction of sp³-hybridized carbons (Fsp3) is 0.467. The SMILES string of the molecule is Cc1cccc(NC(=O)C(=S)NC2CCCCC2)c1. The van der Waals surface area contributed by atoms with Crippen LogP contribution in [0.3, 0.4) is 0 Å². The van der Waals surface area contributed by atoms with Gasteiger partial charge in [0.25, 0.3) is 5.91 Å². The molecular weight excluding hydrogens is 256 g/mol. The molecule has 1 aromatic rings. The maximum Gasteiger partial charge on any atom is 0.283 e. The molecule has 0 atom stereocenters. The van der Waals surface area contributed by atoms with Gasteiger partial charge in [-0.3, -0.25) is 4.79 Å². The Morgan fingerprint density at radius 1 is 1.26 bits per heavy atom. The van der Waals surface area contributed by atoms with Crippen molar-refractivity contribution in [3.8, 4) is 0 Å². The van der Waals surface area contributed by atoms with Crippen molar-refractivity contribution >= 4 is 28.8 Å². The first-order valence-electron chi connectivity index (χ1n) is 6.83. The molecule has 0 aromatic heterocycles. The Morgan fingerprint density at radius 3 is 2.68 bits per heavy atom. The van der Waals surface area contributed by atoms with E-state index in [2.05, 4.69) is 10.6 Å². The molecule has 0 unspecified atom stereocenters. The van der Waals surface area contributed by atoms with Crippen LogP contribution in [-0.2, 0) is 4.79 Å². The topological polar surface area (TPSA) is 41.1 Å². The van der Waals surface area contributed by atoms with E-state index < -0.39 is 0 Å². The molecule has 19 heavy (non-hydrogen) atoms. The largest absolute Gasteiger partial charge is 0.369 e. The minimum Gasteiger partial charge on any atom is -0.369 e. The van der Waals surface area contributed by atoms with E-state index in [1.165, 1.54) is 19.3 Å². The number of rotatable bonds is 2. The highest BCUT2D eigenvalue weighted by molar-refractivity contribution is 7.82. The predicted octanol–water partition coefficient (Wildman–Crippen LogP) is 3.18. The molecule has 1 fully saturated rings. The summed E-state index contributed by atoms with van der Waals surface area (Å²) in [5, 5.41) is 6.00. The van der Waals surface area contributed by atoms with Gasteiger partial charge in [-0.25, -0.2) is 0 Å². The third-order valence-corrected chi connectivity index (χ3v) is 3.73. The monoisotopic (exact) mass is 276 g/mol. The number of hydrogen-bond acceptors (Lipinski definition) is 2. The second kappa shape index (κ2) is 6.66. The van der Waals surface area contributed by atoms with E-state index in [0.717, 1.165) is 24.1 Å². The van der Waals surface area contributed by atoms with Crippen molar-refractivity contribution in [3.05, 3.63) is 29.8 Å². The molecule has 0 spiro atoms. The summed E-state index contributed by atoms with van der Waals surface area (Å²) in [5.41, 5.74) is 1.90. The summed E-state index contributed by atoms with van der Waals surface area (Å²) in [6.45, 7) is 1.99. The number of benzene rings is 1. The Kier molecular flexibility index (Phi) is 4.91. The average molecular weight is 276 g/mol. The zero-order valence-electron chi connectivity index (χ0n) is 11.2. The molecule has 3 nitrogen and oxygen atoms in total. The van der Waals surface area contributed by atoms with Gasteiger partial charge in [0.1, 0.15) is 0 Å². The first-order valence-corrected chi connectivity index (χ1v) is 7.24. The molecule has 1 amide bonds. The molecule has 1 saturated carbocycles. The Labute approximate surface area is 119 Å². The Bertz CT molecular complexity index is 467. The van der Waals surface area contributed by atoms with Crippen LogP contribution < -0.4 is 10.6 Å². The lowest BCUT2D eigenvalue weighted by Crippen LogP contribution is -2.41. The summed E-state index contributed by atoms with van der Waals surface area (Å²) in [7, 11) is 0. The molecule has 2 rings (SSSR count). The number of carbonyl (C=O) groups excluding carboxylic acids is 1. The number of amides is 1. The van der Waals surface area contributed by atoms with Crippen LogP contribution in [0.25, 0.3) is 0 Å². The van der Waals surface area contributed by atoms with E-state index in [1.807, 2.05) is 31.2 Å². The van der Waals surface area contributed by atoms with Crippen molar-refractivity contribution in [2.45, 2.75) is 45.1 Å². The van der Waals surface area contributed by atoms with Crippen molar-refractivity contribution in [2.75, 3.05) is 5.32 Å². The van der Waals surface area contributed by atoms with Gasteiger partial charge in [-0.05, 0) is 37.5 Å². The summed E-state index contributed by atoms with van der Waals surface area (Å²) < 4.78 is 0. The van der Waals surface area contributed by atoms with Gasteiger partial charge in [-0.2, -0.15) is 0 Å². The van der Waals surface area contributed by atoms with E-state index in [-0.39, 0.29) is 5.91 Å². The van der Waals surface area contributed by atoms with Crippen LogP contribution in [-0.4, -0.2) is 16.9 Å². The molecular formula is C15H20N2OS. The maximum absolute atomic E-state index is 12.0. The van der Waals surface area contributed by atoms with Gasteiger partial charge in [0, 0.05) is 11.7 Å². The minimum absolute atomic E-state index is 0.217. The summed E-state index contributed by atoms with van der Waals surface area (Å²) >= 11 is 5.17. The third-order valence-electron chi connectivity index (χ3n) is 3.42. The van der Waals surface area contributed by atoms with Crippen LogP contribution in [0, 0.1) is 6.92 Å². The van der Waals surface area contributed by atoms with Crippen LogP contribution in [0.2, 0.25) is 0 Å². The van der Waals surface area contributed by atoms with E-state index in [0.29, 0.717) is 11.0 Å². The van der Waals surface area contributed by atoms with Crippen molar-refractivity contribution in [3.63, 3.8) is 0 Å². The highest BCUT2D eigenvalue weighted by Crippen LogP contribution is 2.17. The number of anilines is 1. The Morgan fingerprint density at radius 2 is 2.00 bits per heavy atom. The van der Waals surface area contributed by atoms with E-state index in [1.54, 1.807) is 0 Å². The van der Waals surface area contributed by atoms with Crippen molar-refractivity contribution in [2.24, 2.45) is 0 Å². The van der Waals surface area contributed by atoms with Gasteiger partial charge in [0.2, 0.25) is 0 Å². The van der Waals surface area contributed by atoms with Crippen molar-refractivity contribution in [1.29, 1.82) is 0 Å². The smallest absolute Gasteiger partial charge is 0.283 e. The highest BCUT2D eigenvalue weighted by Gasteiger charge is 2.17. The summed E-state index contributed by atoms with van der Waals surface area (Å²) in [6, 6.07) is 8.08. The fourth-order valence-electron chi connectivity index (χ4n) is 2.41. The number of nitrogens with one attached hydrogen (secondary N) is 2. The Hall–Kier alpha value is -1.42. The lowest BCUT2D eigenvalue weighted by atomic mass is 9.95. The van der Waals surface area contributed by atoms with Crippen LogP contribution >= 0.6 is 12.2 Å². The molecule has 0 bridgehead atoms. The zero-order valence-corrected chi connectivity index (χ0v) is 12.1. The third kappa shape index (κ3) is 4.31. The fourth-order valence-corrected chi connectivity index (χ4v) is 2.63. The number of thiocarbonyl (C=S) groups is 1. The maximum atomic E-state index is 12.0. The number of hydrogen-bond donors (Lipinski definition) is 2. The zero-order chi connectivity index (χ0) is 13.7. The van der Waals surface area contributed by atoms with E-state index >= 15 is 0 Å². The average Bonchev–Trinajstić information content (AvgIpc) is 2.40. The van der Waals surface area contributed by atoms with E-state index in [9.17, 15) is 4.79 Å². The molecule has 1 aliphatic carbocycles. The predicted molar refractivity (Wildman–Crippen MR) is 82.4 cm³/mol. The van der Waals surface area contributed by atoms with Crippen molar-refractivity contribution < 1.29 is 4.79 Å². The molecule has 0 aliphatic heterocycles. The molecule has 0 heterocycles. The minimum atomic E-state index is -0.217. The van der Waals surface area contributed by atoms with Crippen LogP contribution in [0.5, 0.6) is 0 Å². The first kappa shape index (κ1) is 14.0. The van der Waals surface area contributed by atoms with Crippen molar-refractivity contribution in [1.82, 2.24) is 5.32 Å². The standard InChI is InChI=1S/C15H20N2OS/c1-11-6-5-9-13(10-11)16-14(18)15(19)17-12-7-3-2-4-8-12/h5-6,9-10,12H,2-4,7-8H2,1H3,(H,16,18)(H,17,19). The first-order chi connectivity index (χ1) is 9.15. The summed E-state index contributed by atoms with van der Waals surface area (Å²) in [6.07, 6.45) is 5.95. The van der Waals surface area contributed by atoms with Crippen LogP contribution in [0.1, 0.15) is 37.7 Å².